The maximum absolute atomic E-state index is 12.6. The van der Waals surface area contributed by atoms with Crippen molar-refractivity contribution in [2.75, 3.05) is 0 Å². The molecule has 184 valence electrons. The molecule has 0 rings (SSSR count). The van der Waals surface area contributed by atoms with Crippen LogP contribution in [-0.2, 0) is 33.4 Å². The highest BCUT2D eigenvalue weighted by molar-refractivity contribution is 5.90. The van der Waals surface area contributed by atoms with E-state index in [-0.39, 0.29) is 0 Å². The van der Waals surface area contributed by atoms with Gasteiger partial charge < -0.3 is 30.0 Å². The van der Waals surface area contributed by atoms with Gasteiger partial charge in [0.2, 0.25) is 6.10 Å². The molecule has 0 aliphatic heterocycles. The highest BCUT2D eigenvalue weighted by Gasteiger charge is 2.33. The minimum atomic E-state index is -1.36. The molecule has 0 aromatic rings. The summed E-state index contributed by atoms with van der Waals surface area (Å²) < 4.78 is 15.3. The first-order valence-electron chi connectivity index (χ1n) is 10.4. The monoisotopic (exact) mass is 460 g/mol. The molecule has 2 amide bonds. The average molecular weight is 461 g/mol. The van der Waals surface area contributed by atoms with Gasteiger partial charge in [-0.2, -0.15) is 0 Å². The molecule has 0 radical (unpaired) electrons. The zero-order valence-electron chi connectivity index (χ0n) is 20.2. The lowest BCUT2D eigenvalue weighted by molar-refractivity contribution is -0.169. The number of alkyl carbamates (subject to hydrolysis) is 1. The van der Waals surface area contributed by atoms with Crippen LogP contribution in [0.3, 0.4) is 0 Å². The van der Waals surface area contributed by atoms with Gasteiger partial charge in [0.1, 0.15) is 17.7 Å². The van der Waals surface area contributed by atoms with E-state index in [1.807, 2.05) is 0 Å². The molecule has 0 unspecified atom stereocenters. The number of ether oxygens (including phenoxy) is 3. The summed E-state index contributed by atoms with van der Waals surface area (Å²) in [5.41, 5.74) is -0.756. The third-order valence-corrected chi connectivity index (χ3v) is 4.00. The van der Waals surface area contributed by atoms with Crippen molar-refractivity contribution in [3.8, 4) is 0 Å². The SMILES string of the molecule is CC(C)[C@H](OC(=O)[C@H](C)NC(=O)[C@@H](OC(=O)[C@H](C)NC(=O)OC(C)(C)C)C(C)C)C(=O)O. The van der Waals surface area contributed by atoms with Crippen molar-refractivity contribution < 1.29 is 43.3 Å². The van der Waals surface area contributed by atoms with Crippen LogP contribution < -0.4 is 10.6 Å². The molecule has 0 heterocycles. The van der Waals surface area contributed by atoms with E-state index in [1.165, 1.54) is 13.8 Å². The number of esters is 2. The molecule has 0 fully saturated rings. The number of nitrogens with one attached hydrogen (secondary N) is 2. The molecule has 0 bridgehead atoms. The number of amides is 2. The summed E-state index contributed by atoms with van der Waals surface area (Å²) in [6.45, 7) is 14.1. The third kappa shape index (κ3) is 10.5. The molecule has 3 N–H and O–H groups in total. The van der Waals surface area contributed by atoms with Crippen molar-refractivity contribution in [1.29, 1.82) is 0 Å². The molecular weight excluding hydrogens is 424 g/mol. The van der Waals surface area contributed by atoms with Crippen LogP contribution in [-0.4, -0.2) is 64.9 Å². The Balaban J connectivity index is 5.04. The van der Waals surface area contributed by atoms with Crippen LogP contribution in [0.4, 0.5) is 4.79 Å². The quantitative estimate of drug-likeness (QED) is 0.325. The zero-order valence-corrected chi connectivity index (χ0v) is 20.2. The van der Waals surface area contributed by atoms with Gasteiger partial charge in [0.15, 0.2) is 6.10 Å². The molecule has 11 nitrogen and oxygen atoms in total. The lowest BCUT2D eigenvalue weighted by atomic mass is 10.1. The predicted molar refractivity (Wildman–Crippen MR) is 114 cm³/mol. The van der Waals surface area contributed by atoms with E-state index in [1.54, 1.807) is 48.5 Å². The largest absolute Gasteiger partial charge is 0.478 e. The van der Waals surface area contributed by atoms with Gasteiger partial charge in [-0.25, -0.2) is 19.2 Å². The Hall–Kier alpha value is -2.85. The maximum atomic E-state index is 12.6. The Morgan fingerprint density at radius 2 is 1.12 bits per heavy atom. The molecule has 11 heteroatoms. The Labute approximate surface area is 188 Å². The van der Waals surface area contributed by atoms with Gasteiger partial charge in [0, 0.05) is 5.92 Å². The second-order valence-corrected chi connectivity index (χ2v) is 9.14. The van der Waals surface area contributed by atoms with Gasteiger partial charge in [-0.3, -0.25) is 4.79 Å². The van der Waals surface area contributed by atoms with Crippen molar-refractivity contribution in [2.45, 2.75) is 92.2 Å². The lowest BCUT2D eigenvalue weighted by Crippen LogP contribution is -2.50. The van der Waals surface area contributed by atoms with Crippen LogP contribution in [0.25, 0.3) is 0 Å². The zero-order chi connectivity index (χ0) is 25.4. The number of carbonyl (C=O) groups is 5. The summed E-state index contributed by atoms with van der Waals surface area (Å²) in [7, 11) is 0. The minimum Gasteiger partial charge on any atom is -0.478 e. The van der Waals surface area contributed by atoms with Gasteiger partial charge >= 0.3 is 24.0 Å². The number of carboxylic acid groups (broad SMARTS) is 1. The summed E-state index contributed by atoms with van der Waals surface area (Å²) in [6, 6.07) is -2.27. The highest BCUT2D eigenvalue weighted by atomic mass is 16.6. The van der Waals surface area contributed by atoms with Crippen molar-refractivity contribution in [3.05, 3.63) is 0 Å². The van der Waals surface area contributed by atoms with Crippen molar-refractivity contribution in [2.24, 2.45) is 11.8 Å². The third-order valence-electron chi connectivity index (χ3n) is 4.00. The topological polar surface area (TPSA) is 157 Å². The molecule has 0 spiro atoms. The molecule has 0 saturated carbocycles. The van der Waals surface area contributed by atoms with Crippen LogP contribution in [0.5, 0.6) is 0 Å². The van der Waals surface area contributed by atoms with Crippen LogP contribution in [0, 0.1) is 11.8 Å². The van der Waals surface area contributed by atoms with Crippen molar-refractivity contribution >= 4 is 29.9 Å². The Kier molecular flexibility index (Phi) is 11.2. The summed E-state index contributed by atoms with van der Waals surface area (Å²) >= 11 is 0. The summed E-state index contributed by atoms with van der Waals surface area (Å²) in [5, 5.41) is 13.8. The molecule has 0 aliphatic rings. The molecule has 0 aromatic heterocycles. The summed E-state index contributed by atoms with van der Waals surface area (Å²) in [4.78, 5) is 60.1. The van der Waals surface area contributed by atoms with E-state index >= 15 is 0 Å². The van der Waals surface area contributed by atoms with Crippen LogP contribution in [0.2, 0.25) is 0 Å². The Morgan fingerprint density at radius 1 is 0.719 bits per heavy atom. The number of carboxylic acids is 1. The fraction of sp³-hybridized carbons (Fsp3) is 0.762. The summed E-state index contributed by atoms with van der Waals surface area (Å²) in [6.07, 6.45) is -3.44. The fourth-order valence-corrected chi connectivity index (χ4v) is 2.32. The maximum Gasteiger partial charge on any atom is 0.408 e. The second-order valence-electron chi connectivity index (χ2n) is 9.14. The molecule has 0 aromatic carbocycles. The lowest BCUT2D eigenvalue weighted by Gasteiger charge is -2.25. The van der Waals surface area contributed by atoms with Gasteiger partial charge in [-0.15, -0.1) is 0 Å². The molecule has 0 aliphatic carbocycles. The first-order valence-corrected chi connectivity index (χ1v) is 10.4. The van der Waals surface area contributed by atoms with Crippen LogP contribution in [0.15, 0.2) is 0 Å². The van der Waals surface area contributed by atoms with E-state index in [0.717, 1.165) is 0 Å². The van der Waals surface area contributed by atoms with Crippen molar-refractivity contribution in [1.82, 2.24) is 10.6 Å². The van der Waals surface area contributed by atoms with E-state index in [4.69, 9.17) is 19.3 Å². The van der Waals surface area contributed by atoms with Gasteiger partial charge in [-0.05, 0) is 40.5 Å². The van der Waals surface area contributed by atoms with Crippen LogP contribution >= 0.6 is 0 Å². The standard InChI is InChI=1S/C21H36N2O9/c1-10(2)14(30-19(28)13(6)23-20(29)32-21(7,8)9)16(24)22-12(5)18(27)31-15(11(3)4)17(25)26/h10-15H,1-9H3,(H,22,24)(H,23,29)(H,25,26)/t12-,13-,14-,15-/m0/s1. The highest BCUT2D eigenvalue weighted by Crippen LogP contribution is 2.12. The van der Waals surface area contributed by atoms with E-state index in [2.05, 4.69) is 10.6 Å². The summed E-state index contributed by atoms with van der Waals surface area (Å²) in [5.74, 6) is -4.80. The first-order chi connectivity index (χ1) is 14.5. The van der Waals surface area contributed by atoms with E-state index in [9.17, 15) is 24.0 Å². The smallest absolute Gasteiger partial charge is 0.408 e. The van der Waals surface area contributed by atoms with Crippen LogP contribution in [0.1, 0.15) is 62.3 Å². The fourth-order valence-electron chi connectivity index (χ4n) is 2.32. The second kappa shape index (κ2) is 12.3. The normalized spacial score (nSPS) is 15.2. The number of carbonyl (C=O) groups excluding carboxylic acids is 4. The van der Waals surface area contributed by atoms with Gasteiger partial charge in [0.05, 0.1) is 0 Å². The molecule has 0 saturated heterocycles. The number of hydrogen-bond donors (Lipinski definition) is 3. The minimum absolute atomic E-state index is 0.460. The van der Waals surface area contributed by atoms with Gasteiger partial charge in [0.25, 0.3) is 5.91 Å². The average Bonchev–Trinajstić information content (AvgIpc) is 2.60. The van der Waals surface area contributed by atoms with E-state index in [0.29, 0.717) is 0 Å². The number of hydrogen-bond acceptors (Lipinski definition) is 8. The molecular formula is C21H36N2O9. The number of aliphatic carboxylic acids is 1. The predicted octanol–water partition coefficient (Wildman–Crippen LogP) is 1.62. The Bertz CT molecular complexity index is 698. The molecule has 32 heavy (non-hydrogen) atoms. The Morgan fingerprint density at radius 3 is 1.50 bits per heavy atom. The van der Waals surface area contributed by atoms with E-state index < -0.39 is 71.6 Å². The van der Waals surface area contributed by atoms with Crippen molar-refractivity contribution in [3.63, 3.8) is 0 Å². The molecule has 4 atom stereocenters. The van der Waals surface area contributed by atoms with Gasteiger partial charge in [-0.1, -0.05) is 27.7 Å². The first kappa shape index (κ1) is 29.1. The number of rotatable bonds is 10.